The number of thiazole rings is 1. The van der Waals surface area contributed by atoms with Crippen LogP contribution in [0.25, 0.3) is 10.2 Å². The zero-order chi connectivity index (χ0) is 18.0. The van der Waals surface area contributed by atoms with Crippen LogP contribution in [-0.2, 0) is 0 Å². The summed E-state index contributed by atoms with van der Waals surface area (Å²) >= 11 is 13.7. The number of benzene rings is 2. The van der Waals surface area contributed by atoms with Gasteiger partial charge in [0.15, 0.2) is 5.13 Å². The molecule has 3 aromatic rings. The summed E-state index contributed by atoms with van der Waals surface area (Å²) in [6, 6.07) is 12.6. The van der Waals surface area contributed by atoms with Crippen molar-refractivity contribution in [3.63, 3.8) is 0 Å². The SMILES string of the molecule is CN(C)CCN(C(=O)c1ccccc1Cl)c1nc2ccc(Cl)cc2s1.Cl. The Labute approximate surface area is 172 Å². The second-order valence-electron chi connectivity index (χ2n) is 5.85. The van der Waals surface area contributed by atoms with E-state index in [1.165, 1.54) is 11.3 Å². The largest absolute Gasteiger partial charge is 0.308 e. The minimum atomic E-state index is -0.155. The van der Waals surface area contributed by atoms with Crippen LogP contribution in [-0.4, -0.2) is 43.0 Å². The van der Waals surface area contributed by atoms with Crippen molar-refractivity contribution in [2.75, 3.05) is 32.1 Å². The molecule has 0 N–H and O–H groups in total. The van der Waals surface area contributed by atoms with E-state index in [0.717, 1.165) is 10.2 Å². The average molecular weight is 431 g/mol. The molecular weight excluding hydrogens is 413 g/mol. The van der Waals surface area contributed by atoms with Crippen molar-refractivity contribution in [2.45, 2.75) is 0 Å². The molecule has 0 unspecified atom stereocenters. The van der Waals surface area contributed by atoms with Crippen LogP contribution >= 0.6 is 46.9 Å². The standard InChI is InChI=1S/C18H17Cl2N3OS.ClH/c1-22(2)9-10-23(17(24)13-5-3-4-6-14(13)20)18-21-15-8-7-12(19)11-16(15)25-18;/h3-8,11H,9-10H2,1-2H3;1H. The number of fused-ring (bicyclic) bond motifs is 1. The van der Waals surface area contributed by atoms with Crippen molar-refractivity contribution in [2.24, 2.45) is 0 Å². The number of rotatable bonds is 5. The molecule has 1 aromatic heterocycles. The Morgan fingerprint density at radius 3 is 2.54 bits per heavy atom. The maximum Gasteiger partial charge on any atom is 0.261 e. The van der Waals surface area contributed by atoms with Crippen molar-refractivity contribution < 1.29 is 4.79 Å². The van der Waals surface area contributed by atoms with E-state index >= 15 is 0 Å². The number of hydrogen-bond donors (Lipinski definition) is 0. The monoisotopic (exact) mass is 429 g/mol. The highest BCUT2D eigenvalue weighted by atomic mass is 35.5. The molecule has 26 heavy (non-hydrogen) atoms. The number of carbonyl (C=O) groups excluding carboxylic acids is 1. The molecule has 0 aliphatic carbocycles. The number of likely N-dealkylation sites (N-methyl/N-ethyl adjacent to an activating group) is 1. The summed E-state index contributed by atoms with van der Waals surface area (Å²) in [4.78, 5) is 21.4. The molecule has 2 aromatic carbocycles. The van der Waals surface area contributed by atoms with Crippen molar-refractivity contribution in [3.8, 4) is 0 Å². The van der Waals surface area contributed by atoms with Gasteiger partial charge >= 0.3 is 0 Å². The number of hydrogen-bond acceptors (Lipinski definition) is 4. The molecule has 1 heterocycles. The molecule has 0 aliphatic rings. The molecule has 8 heteroatoms. The molecule has 3 rings (SSSR count). The molecule has 4 nitrogen and oxygen atoms in total. The van der Waals surface area contributed by atoms with E-state index in [0.29, 0.717) is 33.8 Å². The normalized spacial score (nSPS) is 10.8. The van der Waals surface area contributed by atoms with Gasteiger partial charge < -0.3 is 4.90 Å². The number of aromatic nitrogens is 1. The fraction of sp³-hybridized carbons (Fsp3) is 0.222. The predicted molar refractivity (Wildman–Crippen MR) is 114 cm³/mol. The van der Waals surface area contributed by atoms with Crippen LogP contribution in [0.5, 0.6) is 0 Å². The van der Waals surface area contributed by atoms with Gasteiger partial charge in [0, 0.05) is 18.1 Å². The van der Waals surface area contributed by atoms with Crippen molar-refractivity contribution in [3.05, 3.63) is 58.1 Å². The lowest BCUT2D eigenvalue weighted by molar-refractivity contribution is 0.0985. The second-order valence-corrected chi connectivity index (χ2v) is 7.70. The third kappa shape index (κ3) is 4.67. The highest BCUT2D eigenvalue weighted by Crippen LogP contribution is 2.32. The van der Waals surface area contributed by atoms with Gasteiger partial charge in [-0.2, -0.15) is 0 Å². The minimum absolute atomic E-state index is 0. The zero-order valence-corrected chi connectivity index (χ0v) is 17.4. The Morgan fingerprint density at radius 1 is 1.12 bits per heavy atom. The summed E-state index contributed by atoms with van der Waals surface area (Å²) in [6.07, 6.45) is 0. The minimum Gasteiger partial charge on any atom is -0.308 e. The number of anilines is 1. The summed E-state index contributed by atoms with van der Waals surface area (Å²) < 4.78 is 0.948. The fourth-order valence-electron chi connectivity index (χ4n) is 2.37. The van der Waals surface area contributed by atoms with E-state index in [2.05, 4.69) is 4.98 Å². The highest BCUT2D eigenvalue weighted by molar-refractivity contribution is 7.22. The lowest BCUT2D eigenvalue weighted by atomic mass is 10.2. The van der Waals surface area contributed by atoms with Gasteiger partial charge in [-0.25, -0.2) is 4.98 Å². The zero-order valence-electron chi connectivity index (χ0n) is 14.3. The molecule has 0 spiro atoms. The molecular formula is C18H18Cl3N3OS. The molecule has 1 amide bonds. The quantitative estimate of drug-likeness (QED) is 0.556. The summed E-state index contributed by atoms with van der Waals surface area (Å²) in [7, 11) is 3.94. The summed E-state index contributed by atoms with van der Waals surface area (Å²) in [5.74, 6) is -0.155. The first-order valence-corrected chi connectivity index (χ1v) is 9.30. The third-order valence-corrected chi connectivity index (χ3v) is 5.30. The Morgan fingerprint density at radius 2 is 1.85 bits per heavy atom. The highest BCUT2D eigenvalue weighted by Gasteiger charge is 2.23. The summed E-state index contributed by atoms with van der Waals surface area (Å²) in [6.45, 7) is 1.23. The Kier molecular flexibility index (Phi) is 7.26. The molecule has 0 radical (unpaired) electrons. The maximum absolute atomic E-state index is 13.1. The van der Waals surface area contributed by atoms with E-state index in [1.54, 1.807) is 29.2 Å². The number of nitrogens with zero attached hydrogens (tertiary/aromatic N) is 3. The van der Waals surface area contributed by atoms with Crippen LogP contribution < -0.4 is 4.90 Å². The molecule has 0 aliphatic heterocycles. The van der Waals surface area contributed by atoms with Gasteiger partial charge in [-0.1, -0.05) is 46.7 Å². The molecule has 0 fully saturated rings. The van der Waals surface area contributed by atoms with E-state index in [-0.39, 0.29) is 18.3 Å². The van der Waals surface area contributed by atoms with Gasteiger partial charge in [-0.3, -0.25) is 9.69 Å². The van der Waals surface area contributed by atoms with Crippen LogP contribution in [0.1, 0.15) is 10.4 Å². The number of carbonyl (C=O) groups is 1. The summed E-state index contributed by atoms with van der Waals surface area (Å²) in [5, 5.41) is 1.73. The topological polar surface area (TPSA) is 36.4 Å². The Bertz CT molecular complexity index is 914. The first kappa shape index (κ1) is 20.9. The Hall–Kier alpha value is -1.37. The van der Waals surface area contributed by atoms with Crippen LogP contribution in [0.3, 0.4) is 0 Å². The molecule has 0 atom stereocenters. The average Bonchev–Trinajstić information content (AvgIpc) is 2.97. The number of amides is 1. The van der Waals surface area contributed by atoms with Crippen LogP contribution in [0.15, 0.2) is 42.5 Å². The lowest BCUT2D eigenvalue weighted by Crippen LogP contribution is -2.36. The Balaban J connectivity index is 0.00000243. The molecule has 0 saturated heterocycles. The van der Waals surface area contributed by atoms with Gasteiger partial charge in [0.25, 0.3) is 5.91 Å². The first-order chi connectivity index (χ1) is 12.0. The van der Waals surface area contributed by atoms with Gasteiger partial charge in [0.05, 0.1) is 20.8 Å². The predicted octanol–water partition coefficient (Wildman–Crippen LogP) is 5.23. The fourth-order valence-corrected chi connectivity index (χ4v) is 3.85. The van der Waals surface area contributed by atoms with Gasteiger partial charge in [-0.15, -0.1) is 12.4 Å². The second kappa shape index (κ2) is 9.02. The van der Waals surface area contributed by atoms with Crippen LogP contribution in [0.2, 0.25) is 10.0 Å². The van der Waals surface area contributed by atoms with Crippen molar-refractivity contribution in [1.29, 1.82) is 0 Å². The number of halogens is 3. The van der Waals surface area contributed by atoms with Crippen molar-refractivity contribution >= 4 is 68.2 Å². The van der Waals surface area contributed by atoms with E-state index in [4.69, 9.17) is 23.2 Å². The lowest BCUT2D eigenvalue weighted by Gasteiger charge is -2.22. The van der Waals surface area contributed by atoms with E-state index < -0.39 is 0 Å². The first-order valence-electron chi connectivity index (χ1n) is 7.73. The van der Waals surface area contributed by atoms with Gasteiger partial charge in [-0.05, 0) is 44.4 Å². The summed E-state index contributed by atoms with van der Waals surface area (Å²) in [5.41, 5.74) is 1.30. The molecule has 138 valence electrons. The third-order valence-electron chi connectivity index (χ3n) is 3.69. The molecule has 0 saturated carbocycles. The van der Waals surface area contributed by atoms with E-state index in [9.17, 15) is 4.79 Å². The van der Waals surface area contributed by atoms with Gasteiger partial charge in [0.1, 0.15) is 0 Å². The van der Waals surface area contributed by atoms with Crippen LogP contribution in [0, 0.1) is 0 Å². The van der Waals surface area contributed by atoms with Gasteiger partial charge in [0.2, 0.25) is 0 Å². The van der Waals surface area contributed by atoms with E-state index in [1.807, 2.05) is 37.2 Å². The smallest absolute Gasteiger partial charge is 0.261 e. The van der Waals surface area contributed by atoms with Crippen LogP contribution in [0.4, 0.5) is 5.13 Å². The van der Waals surface area contributed by atoms with Crippen molar-refractivity contribution in [1.82, 2.24) is 9.88 Å². The molecule has 0 bridgehead atoms. The maximum atomic E-state index is 13.1.